The predicted molar refractivity (Wildman–Crippen MR) is 167 cm³/mol. The van der Waals surface area contributed by atoms with Crippen LogP contribution in [0.4, 0.5) is 26.8 Å². The van der Waals surface area contributed by atoms with Gasteiger partial charge in [0, 0.05) is 41.6 Å². The van der Waals surface area contributed by atoms with E-state index in [2.05, 4.69) is 28.7 Å². The highest BCUT2D eigenvalue weighted by molar-refractivity contribution is 7.13. The molecule has 4 rings (SSSR count). The zero-order valence-electron chi connectivity index (χ0n) is 25.1. The summed E-state index contributed by atoms with van der Waals surface area (Å²) >= 11 is 1.50. The van der Waals surface area contributed by atoms with Crippen LogP contribution in [0, 0.1) is 0 Å². The predicted octanol–water partition coefficient (Wildman–Crippen LogP) is 6.19. The van der Waals surface area contributed by atoms with E-state index in [-0.39, 0.29) is 19.8 Å². The molecular weight excluding hydrogens is 570 g/mol. The summed E-state index contributed by atoms with van der Waals surface area (Å²) < 4.78 is 22.4. The summed E-state index contributed by atoms with van der Waals surface area (Å²) in [4.78, 5) is 39.8. The van der Waals surface area contributed by atoms with Crippen LogP contribution in [0.1, 0.15) is 43.8 Å². The number of thiazole rings is 1. The maximum absolute atomic E-state index is 13.7. The lowest BCUT2D eigenvalue weighted by Crippen LogP contribution is -2.38. The largest absolute Gasteiger partial charge is 0.464 e. The SMILES string of the molecule is C=CCOC(=O)Nc1cccc(CN(C(=O)OC(C)(C)C)c2cc(N3CCOCC3)cc(COc3ncc(CC)s3)n2)c1. The lowest BCUT2D eigenvalue weighted by molar-refractivity contribution is 0.0576. The first kappa shape index (κ1) is 31.8. The summed E-state index contributed by atoms with van der Waals surface area (Å²) in [5.41, 5.74) is 2.08. The van der Waals surface area contributed by atoms with Gasteiger partial charge in [-0.2, -0.15) is 0 Å². The van der Waals surface area contributed by atoms with Gasteiger partial charge in [-0.05, 0) is 51.0 Å². The number of rotatable bonds is 11. The van der Waals surface area contributed by atoms with Gasteiger partial charge in [0.15, 0.2) is 0 Å². The third-order valence-corrected chi connectivity index (χ3v) is 7.24. The molecule has 0 bridgehead atoms. The monoisotopic (exact) mass is 609 g/mol. The lowest BCUT2D eigenvalue weighted by Gasteiger charge is -2.31. The zero-order chi connectivity index (χ0) is 30.8. The first-order valence-electron chi connectivity index (χ1n) is 14.2. The van der Waals surface area contributed by atoms with Crippen molar-refractivity contribution >= 4 is 40.7 Å². The molecule has 2 aromatic heterocycles. The minimum absolute atomic E-state index is 0.0947. The van der Waals surface area contributed by atoms with Gasteiger partial charge in [-0.25, -0.2) is 19.6 Å². The lowest BCUT2D eigenvalue weighted by atomic mass is 10.1. The van der Waals surface area contributed by atoms with E-state index in [0.29, 0.717) is 48.7 Å². The Hall–Kier alpha value is -4.16. The van der Waals surface area contributed by atoms with Gasteiger partial charge in [-0.3, -0.25) is 10.2 Å². The Morgan fingerprint density at radius 1 is 1.21 bits per heavy atom. The number of anilines is 3. The molecule has 2 amide bonds. The molecule has 0 atom stereocenters. The fourth-order valence-corrected chi connectivity index (χ4v) is 4.90. The Kier molecular flexibility index (Phi) is 11.0. The van der Waals surface area contributed by atoms with E-state index in [0.717, 1.165) is 22.5 Å². The Morgan fingerprint density at radius 2 is 2.00 bits per heavy atom. The van der Waals surface area contributed by atoms with Gasteiger partial charge in [0.25, 0.3) is 5.19 Å². The van der Waals surface area contributed by atoms with Crippen molar-refractivity contribution in [3.63, 3.8) is 0 Å². The van der Waals surface area contributed by atoms with Gasteiger partial charge >= 0.3 is 12.2 Å². The number of hydrogen-bond acceptors (Lipinski definition) is 10. The molecule has 1 aliphatic rings. The molecule has 1 fully saturated rings. The highest BCUT2D eigenvalue weighted by Gasteiger charge is 2.26. The summed E-state index contributed by atoms with van der Waals surface area (Å²) in [6.45, 7) is 14.1. The quantitative estimate of drug-likeness (QED) is 0.254. The second-order valence-corrected chi connectivity index (χ2v) is 11.9. The van der Waals surface area contributed by atoms with Gasteiger partial charge in [-0.15, -0.1) is 0 Å². The smallest absolute Gasteiger partial charge is 0.416 e. The van der Waals surface area contributed by atoms with Crippen LogP contribution in [0.3, 0.4) is 0 Å². The molecule has 3 aromatic rings. The average Bonchev–Trinajstić information content (AvgIpc) is 3.45. The van der Waals surface area contributed by atoms with Crippen LogP contribution in [0.5, 0.6) is 5.19 Å². The van der Waals surface area contributed by atoms with E-state index in [1.165, 1.54) is 22.3 Å². The molecule has 1 aromatic carbocycles. The number of carbonyl (C=O) groups is 2. The molecule has 0 radical (unpaired) electrons. The molecular formula is C31H39N5O6S. The molecule has 1 N–H and O–H groups in total. The van der Waals surface area contributed by atoms with Crippen molar-refractivity contribution in [1.29, 1.82) is 0 Å². The molecule has 0 unspecified atom stereocenters. The van der Waals surface area contributed by atoms with E-state index in [1.54, 1.807) is 18.2 Å². The van der Waals surface area contributed by atoms with Crippen molar-refractivity contribution < 1.29 is 28.5 Å². The summed E-state index contributed by atoms with van der Waals surface area (Å²) in [6, 6.07) is 11.0. The molecule has 12 heteroatoms. The van der Waals surface area contributed by atoms with Crippen molar-refractivity contribution in [2.24, 2.45) is 0 Å². The molecule has 1 saturated heterocycles. The highest BCUT2D eigenvalue weighted by atomic mass is 32.1. The number of benzene rings is 1. The van der Waals surface area contributed by atoms with Crippen LogP contribution in [0.15, 0.2) is 55.3 Å². The van der Waals surface area contributed by atoms with E-state index < -0.39 is 17.8 Å². The molecule has 43 heavy (non-hydrogen) atoms. The fraction of sp³-hybridized carbons (Fsp3) is 0.419. The summed E-state index contributed by atoms with van der Waals surface area (Å²) in [7, 11) is 0. The van der Waals surface area contributed by atoms with Crippen molar-refractivity contribution in [3.05, 3.63) is 71.4 Å². The Bertz CT molecular complexity index is 1400. The number of amides is 2. The first-order chi connectivity index (χ1) is 20.6. The zero-order valence-corrected chi connectivity index (χ0v) is 25.9. The summed E-state index contributed by atoms with van der Waals surface area (Å²) in [6.07, 6.45) is 3.04. The molecule has 3 heterocycles. The standard InChI is InChI=1S/C31H39N5O6S/c1-6-13-40-28(37)34-23-10-8-9-22(16-23)20-36(30(38)42-31(3,4)5)27-18-25(35-11-14-39-15-12-35)17-24(33-27)21-41-29-32-19-26(7-2)43-29/h6,8-10,16-19H,1,7,11-15,20-21H2,2-5H3,(H,34,37). The van der Waals surface area contributed by atoms with Crippen molar-refractivity contribution in [3.8, 4) is 5.19 Å². The average molecular weight is 610 g/mol. The number of aryl methyl sites for hydroxylation is 1. The number of nitrogens with one attached hydrogen (secondary N) is 1. The van der Waals surface area contributed by atoms with E-state index in [9.17, 15) is 9.59 Å². The Labute approximate surface area is 256 Å². The van der Waals surface area contributed by atoms with Crippen LogP contribution < -0.4 is 19.9 Å². The number of aromatic nitrogens is 2. The normalized spacial score (nSPS) is 13.3. The van der Waals surface area contributed by atoms with Crippen LogP contribution in [-0.4, -0.2) is 60.7 Å². The van der Waals surface area contributed by atoms with Crippen molar-refractivity contribution in [2.75, 3.05) is 48.0 Å². The van der Waals surface area contributed by atoms with Gasteiger partial charge in [0.2, 0.25) is 0 Å². The van der Waals surface area contributed by atoms with Crippen LogP contribution in [-0.2, 0) is 33.8 Å². The number of hydrogen-bond donors (Lipinski definition) is 1. The van der Waals surface area contributed by atoms with Gasteiger partial charge < -0.3 is 23.8 Å². The molecule has 11 nitrogen and oxygen atoms in total. The number of morpholine rings is 1. The third kappa shape index (κ3) is 9.69. The molecule has 0 aliphatic carbocycles. The number of nitrogens with zero attached hydrogens (tertiary/aromatic N) is 4. The van der Waals surface area contributed by atoms with E-state index in [4.69, 9.17) is 23.9 Å². The Morgan fingerprint density at radius 3 is 2.70 bits per heavy atom. The second-order valence-electron chi connectivity index (χ2n) is 10.8. The molecule has 230 valence electrons. The molecule has 0 spiro atoms. The van der Waals surface area contributed by atoms with E-state index >= 15 is 0 Å². The van der Waals surface area contributed by atoms with E-state index in [1.807, 2.05) is 45.2 Å². The number of ether oxygens (including phenoxy) is 4. The van der Waals surface area contributed by atoms with Crippen molar-refractivity contribution in [1.82, 2.24) is 9.97 Å². The van der Waals surface area contributed by atoms with Gasteiger partial charge in [0.1, 0.15) is 24.6 Å². The molecule has 1 aliphatic heterocycles. The van der Waals surface area contributed by atoms with Crippen LogP contribution in [0.25, 0.3) is 0 Å². The first-order valence-corrected chi connectivity index (χ1v) is 15.0. The Balaban J connectivity index is 1.66. The summed E-state index contributed by atoms with van der Waals surface area (Å²) in [5, 5.41) is 3.26. The maximum atomic E-state index is 13.7. The second kappa shape index (κ2) is 14.8. The number of pyridine rings is 1. The maximum Gasteiger partial charge on any atom is 0.416 e. The van der Waals surface area contributed by atoms with Gasteiger partial charge in [-0.1, -0.05) is 43.0 Å². The molecule has 0 saturated carbocycles. The fourth-order valence-electron chi connectivity index (χ4n) is 4.20. The van der Waals surface area contributed by atoms with Crippen LogP contribution >= 0.6 is 11.3 Å². The highest BCUT2D eigenvalue weighted by Crippen LogP contribution is 2.28. The summed E-state index contributed by atoms with van der Waals surface area (Å²) in [5.74, 6) is 0.411. The minimum Gasteiger partial charge on any atom is -0.464 e. The third-order valence-electron chi connectivity index (χ3n) is 6.19. The van der Waals surface area contributed by atoms with Crippen molar-refractivity contribution in [2.45, 2.75) is 52.9 Å². The minimum atomic E-state index is -0.733. The van der Waals surface area contributed by atoms with Crippen LogP contribution in [0.2, 0.25) is 0 Å². The van der Waals surface area contributed by atoms with Gasteiger partial charge in [0.05, 0.1) is 25.5 Å². The topological polar surface area (TPSA) is 115 Å². The number of carbonyl (C=O) groups excluding carboxylic acids is 2.